The van der Waals surface area contributed by atoms with Crippen molar-refractivity contribution in [2.45, 2.75) is 24.4 Å². The summed E-state index contributed by atoms with van der Waals surface area (Å²) >= 11 is 3.15. The molecule has 0 unspecified atom stereocenters. The number of nitrogens with zero attached hydrogens (tertiary/aromatic N) is 1. The highest BCUT2D eigenvalue weighted by Gasteiger charge is 2.30. The molecular weight excluding hydrogens is 507 g/mol. The summed E-state index contributed by atoms with van der Waals surface area (Å²) in [7, 11) is 0. The van der Waals surface area contributed by atoms with Gasteiger partial charge in [-0.3, -0.25) is 0 Å². The van der Waals surface area contributed by atoms with Crippen LogP contribution in [-0.4, -0.2) is 28.4 Å². The number of halogens is 3. The standard InChI is InChI=1S/C27H22F3NO3S2/c1-17-15-21(11-12-22(17)34-16-24(32)33)35-14-13-23-25(18-5-3-2-4-6-18)31-26(36-23)19-7-9-20(10-8-19)27(28,29)30/h2-12,15H,13-14,16H2,1H3,(H,32,33). The topological polar surface area (TPSA) is 59.4 Å². The lowest BCUT2D eigenvalue weighted by molar-refractivity contribution is -0.139. The zero-order valence-corrected chi connectivity index (χ0v) is 20.8. The number of benzene rings is 3. The first-order chi connectivity index (χ1) is 17.2. The molecule has 0 saturated carbocycles. The summed E-state index contributed by atoms with van der Waals surface area (Å²) < 4.78 is 44.2. The monoisotopic (exact) mass is 529 g/mol. The van der Waals surface area contributed by atoms with Crippen molar-refractivity contribution < 1.29 is 27.8 Å². The first-order valence-electron chi connectivity index (χ1n) is 11.0. The van der Waals surface area contributed by atoms with Gasteiger partial charge in [-0.1, -0.05) is 42.5 Å². The van der Waals surface area contributed by atoms with Crippen LogP contribution >= 0.6 is 23.1 Å². The summed E-state index contributed by atoms with van der Waals surface area (Å²) in [5.41, 5.74) is 2.62. The van der Waals surface area contributed by atoms with Crippen molar-refractivity contribution in [2.75, 3.05) is 12.4 Å². The Labute approximate surface area is 214 Å². The number of thioether (sulfide) groups is 1. The molecule has 0 fully saturated rings. The number of rotatable bonds is 9. The lowest BCUT2D eigenvalue weighted by atomic mass is 10.1. The molecule has 4 aromatic rings. The predicted molar refractivity (Wildman–Crippen MR) is 137 cm³/mol. The molecule has 0 aliphatic rings. The Balaban J connectivity index is 1.51. The van der Waals surface area contributed by atoms with E-state index < -0.39 is 17.7 Å². The number of carboxylic acids is 1. The van der Waals surface area contributed by atoms with Gasteiger partial charge in [0.15, 0.2) is 6.61 Å². The minimum absolute atomic E-state index is 0.387. The number of carbonyl (C=O) groups is 1. The Morgan fingerprint density at radius 3 is 2.39 bits per heavy atom. The average molecular weight is 530 g/mol. The molecule has 0 radical (unpaired) electrons. The molecule has 0 aliphatic carbocycles. The van der Waals surface area contributed by atoms with Crippen molar-refractivity contribution in [3.05, 3.63) is 88.8 Å². The van der Waals surface area contributed by atoms with Crippen LogP contribution in [0.1, 0.15) is 16.0 Å². The Morgan fingerprint density at radius 2 is 1.75 bits per heavy atom. The van der Waals surface area contributed by atoms with Crippen LogP contribution in [0.4, 0.5) is 13.2 Å². The Bertz CT molecular complexity index is 1340. The van der Waals surface area contributed by atoms with Crippen molar-refractivity contribution in [1.29, 1.82) is 0 Å². The zero-order valence-electron chi connectivity index (χ0n) is 19.2. The molecular formula is C27H22F3NO3S2. The lowest BCUT2D eigenvalue weighted by Crippen LogP contribution is -2.10. The molecule has 0 spiro atoms. The molecule has 4 rings (SSSR count). The predicted octanol–water partition coefficient (Wildman–Crippen LogP) is 7.60. The molecule has 186 valence electrons. The van der Waals surface area contributed by atoms with E-state index in [-0.39, 0.29) is 6.61 Å². The van der Waals surface area contributed by atoms with Crippen LogP contribution in [0.2, 0.25) is 0 Å². The number of aliphatic carboxylic acids is 1. The Hall–Kier alpha value is -3.30. The maximum atomic E-state index is 13.0. The number of ether oxygens (including phenoxy) is 1. The molecule has 36 heavy (non-hydrogen) atoms. The van der Waals surface area contributed by atoms with Gasteiger partial charge in [0.1, 0.15) is 10.8 Å². The third-order valence-corrected chi connectivity index (χ3v) is 7.46. The van der Waals surface area contributed by atoms with E-state index in [0.717, 1.165) is 50.9 Å². The smallest absolute Gasteiger partial charge is 0.416 e. The molecule has 3 aromatic carbocycles. The van der Waals surface area contributed by atoms with Gasteiger partial charge in [-0.15, -0.1) is 23.1 Å². The van der Waals surface area contributed by atoms with E-state index in [4.69, 9.17) is 14.8 Å². The number of thiazole rings is 1. The van der Waals surface area contributed by atoms with Gasteiger partial charge in [-0.25, -0.2) is 9.78 Å². The summed E-state index contributed by atoms with van der Waals surface area (Å²) in [6.45, 7) is 1.48. The minimum Gasteiger partial charge on any atom is -0.482 e. The van der Waals surface area contributed by atoms with E-state index in [2.05, 4.69) is 0 Å². The second-order valence-corrected chi connectivity index (χ2v) is 10.2. The van der Waals surface area contributed by atoms with Gasteiger partial charge in [-0.2, -0.15) is 13.2 Å². The third kappa shape index (κ3) is 6.47. The number of hydrogen-bond donors (Lipinski definition) is 1. The Kier molecular flexibility index (Phi) is 8.01. The van der Waals surface area contributed by atoms with Gasteiger partial charge >= 0.3 is 12.1 Å². The normalized spacial score (nSPS) is 11.4. The van der Waals surface area contributed by atoms with Crippen molar-refractivity contribution >= 4 is 29.1 Å². The zero-order chi connectivity index (χ0) is 25.7. The first-order valence-corrected chi connectivity index (χ1v) is 12.8. The fourth-order valence-corrected chi connectivity index (χ4v) is 5.73. The van der Waals surface area contributed by atoms with Gasteiger partial charge in [0.25, 0.3) is 0 Å². The first kappa shape index (κ1) is 25.8. The van der Waals surface area contributed by atoms with E-state index in [1.54, 1.807) is 17.8 Å². The molecule has 1 heterocycles. The van der Waals surface area contributed by atoms with Gasteiger partial charge in [0.2, 0.25) is 0 Å². The van der Waals surface area contributed by atoms with Crippen LogP contribution in [0.15, 0.2) is 77.7 Å². The summed E-state index contributed by atoms with van der Waals surface area (Å²) in [4.78, 5) is 17.6. The maximum absolute atomic E-state index is 13.0. The number of aryl methyl sites for hydroxylation is 2. The lowest BCUT2D eigenvalue weighted by Gasteiger charge is -2.09. The summed E-state index contributed by atoms with van der Waals surface area (Å²) in [5, 5.41) is 9.47. The van der Waals surface area contributed by atoms with Crippen LogP contribution in [-0.2, 0) is 17.4 Å². The molecule has 0 atom stereocenters. The van der Waals surface area contributed by atoms with E-state index >= 15 is 0 Å². The molecule has 9 heteroatoms. The van der Waals surface area contributed by atoms with Crippen molar-refractivity contribution in [1.82, 2.24) is 4.98 Å². The average Bonchev–Trinajstić information content (AvgIpc) is 3.28. The number of aromatic nitrogens is 1. The summed E-state index contributed by atoms with van der Waals surface area (Å²) in [6, 6.07) is 20.5. The molecule has 1 aromatic heterocycles. The van der Waals surface area contributed by atoms with Gasteiger partial charge in [0.05, 0.1) is 11.3 Å². The van der Waals surface area contributed by atoms with E-state index in [1.807, 2.05) is 49.4 Å². The molecule has 0 bridgehead atoms. The molecule has 1 N–H and O–H groups in total. The highest BCUT2D eigenvalue weighted by Crippen LogP contribution is 2.37. The van der Waals surface area contributed by atoms with Gasteiger partial charge in [0, 0.05) is 26.7 Å². The minimum atomic E-state index is -4.38. The second kappa shape index (κ2) is 11.2. The molecule has 0 saturated heterocycles. The van der Waals surface area contributed by atoms with Crippen molar-refractivity contribution in [3.63, 3.8) is 0 Å². The van der Waals surface area contributed by atoms with Crippen LogP contribution in [0.3, 0.4) is 0 Å². The summed E-state index contributed by atoms with van der Waals surface area (Å²) in [6.07, 6.45) is -3.65. The van der Waals surface area contributed by atoms with E-state index in [1.165, 1.54) is 23.5 Å². The van der Waals surface area contributed by atoms with E-state index in [9.17, 15) is 18.0 Å². The van der Waals surface area contributed by atoms with Gasteiger partial charge in [-0.05, 0) is 49.2 Å². The van der Waals surface area contributed by atoms with E-state index in [0.29, 0.717) is 16.3 Å². The van der Waals surface area contributed by atoms with Crippen LogP contribution in [0.5, 0.6) is 5.75 Å². The highest BCUT2D eigenvalue weighted by atomic mass is 32.2. The maximum Gasteiger partial charge on any atom is 0.416 e. The Morgan fingerprint density at radius 1 is 1.03 bits per heavy atom. The number of alkyl halides is 3. The number of hydrogen-bond acceptors (Lipinski definition) is 5. The number of carboxylic acid groups (broad SMARTS) is 1. The van der Waals surface area contributed by atoms with Crippen LogP contribution < -0.4 is 4.74 Å². The van der Waals surface area contributed by atoms with Crippen molar-refractivity contribution in [3.8, 4) is 27.6 Å². The largest absolute Gasteiger partial charge is 0.482 e. The quantitative estimate of drug-likeness (QED) is 0.226. The second-order valence-electron chi connectivity index (χ2n) is 7.94. The molecule has 0 aliphatic heterocycles. The fourth-order valence-electron chi connectivity index (χ4n) is 3.54. The van der Waals surface area contributed by atoms with Crippen molar-refractivity contribution in [2.24, 2.45) is 0 Å². The summed E-state index contributed by atoms with van der Waals surface area (Å²) in [5.74, 6) is 0.280. The SMILES string of the molecule is Cc1cc(SCCc2sc(-c3ccc(C(F)(F)F)cc3)nc2-c2ccccc2)ccc1OCC(=O)O. The highest BCUT2D eigenvalue weighted by molar-refractivity contribution is 7.99. The fraction of sp³-hybridized carbons (Fsp3) is 0.185. The molecule has 4 nitrogen and oxygen atoms in total. The third-order valence-electron chi connectivity index (χ3n) is 5.30. The van der Waals surface area contributed by atoms with Crippen LogP contribution in [0.25, 0.3) is 21.8 Å². The van der Waals surface area contributed by atoms with Crippen LogP contribution in [0, 0.1) is 6.92 Å². The van der Waals surface area contributed by atoms with Gasteiger partial charge < -0.3 is 9.84 Å². The molecule has 0 amide bonds.